The molecule has 2 rings (SSSR count). The zero-order valence-corrected chi connectivity index (χ0v) is 9.30. The molecule has 0 aliphatic rings. The van der Waals surface area contributed by atoms with Crippen LogP contribution in [0.4, 0.5) is 18.9 Å². The molecule has 2 aromatic rings. The van der Waals surface area contributed by atoms with Crippen molar-refractivity contribution in [1.29, 1.82) is 0 Å². The van der Waals surface area contributed by atoms with E-state index in [0.717, 1.165) is 12.1 Å². The highest BCUT2D eigenvalue weighted by Gasteiger charge is 2.31. The van der Waals surface area contributed by atoms with E-state index in [9.17, 15) is 13.2 Å². The lowest BCUT2D eigenvalue weighted by Crippen LogP contribution is -2.05. The topological polar surface area (TPSA) is 26.2 Å². The minimum atomic E-state index is -4.34. The Morgan fingerprint density at radius 1 is 1.29 bits per heavy atom. The monoisotopic (exact) mass is 244 g/mol. The van der Waals surface area contributed by atoms with Crippen LogP contribution in [0.1, 0.15) is 5.56 Å². The second-order valence-corrected chi connectivity index (χ2v) is 3.53. The molecule has 0 spiro atoms. The van der Waals surface area contributed by atoms with Gasteiger partial charge in [0.2, 0.25) is 0 Å². The molecule has 1 N–H and O–H groups in total. The van der Waals surface area contributed by atoms with E-state index >= 15 is 0 Å². The first-order chi connectivity index (χ1) is 7.97. The van der Waals surface area contributed by atoms with Crippen molar-refractivity contribution in [3.63, 3.8) is 0 Å². The van der Waals surface area contributed by atoms with Crippen molar-refractivity contribution in [2.24, 2.45) is 0 Å². The third-order valence-electron chi connectivity index (χ3n) is 2.56. The number of benzene rings is 1. The van der Waals surface area contributed by atoms with E-state index in [0.29, 0.717) is 16.6 Å². The van der Waals surface area contributed by atoms with Gasteiger partial charge in [0.25, 0.3) is 0 Å². The summed E-state index contributed by atoms with van der Waals surface area (Å²) in [6, 6.07) is 3.54. The van der Waals surface area contributed by atoms with Crippen LogP contribution in [-0.2, 0) is 6.18 Å². The second kappa shape index (κ2) is 3.87. The predicted octanol–water partition coefficient (Wildman–Crippen LogP) is 2.76. The molecule has 0 fully saturated rings. The molecule has 17 heavy (non-hydrogen) atoms. The average molecular weight is 244 g/mol. The Morgan fingerprint density at radius 3 is 2.53 bits per heavy atom. The van der Waals surface area contributed by atoms with Gasteiger partial charge in [0, 0.05) is 12.4 Å². The first-order valence-electron chi connectivity index (χ1n) is 4.92. The predicted molar refractivity (Wildman–Crippen MR) is 59.0 cm³/mol. The summed E-state index contributed by atoms with van der Waals surface area (Å²) in [5.41, 5.74) is 0.508. The number of anilines is 1. The number of rotatable bonds is 2. The SMILES string of the molecule is CNc1cn(OC)c2ccc(C(F)(F)F)cc12. The molecule has 3 nitrogen and oxygen atoms in total. The van der Waals surface area contributed by atoms with E-state index in [1.54, 1.807) is 13.2 Å². The van der Waals surface area contributed by atoms with E-state index in [-0.39, 0.29) is 0 Å². The minimum Gasteiger partial charge on any atom is -0.417 e. The standard InChI is InChI=1S/C11H11F3N2O/c1-15-9-6-16(17-2)10-4-3-7(5-8(9)10)11(12,13)14/h3-6,15H,1-2H3. The number of fused-ring (bicyclic) bond motifs is 1. The van der Waals surface area contributed by atoms with Crippen LogP contribution in [0.5, 0.6) is 0 Å². The molecule has 0 aliphatic carbocycles. The highest BCUT2D eigenvalue weighted by Crippen LogP contribution is 2.34. The van der Waals surface area contributed by atoms with Crippen molar-refractivity contribution >= 4 is 16.6 Å². The van der Waals surface area contributed by atoms with Crippen LogP contribution in [0.25, 0.3) is 10.9 Å². The lowest BCUT2D eigenvalue weighted by Gasteiger charge is -2.07. The van der Waals surface area contributed by atoms with Gasteiger partial charge in [-0.1, -0.05) is 0 Å². The molecule has 92 valence electrons. The Bertz CT molecular complexity index is 545. The van der Waals surface area contributed by atoms with Gasteiger partial charge >= 0.3 is 6.18 Å². The molecule has 0 aliphatic heterocycles. The summed E-state index contributed by atoms with van der Waals surface area (Å²) in [5, 5.41) is 3.31. The van der Waals surface area contributed by atoms with Gasteiger partial charge in [-0.25, -0.2) is 0 Å². The first kappa shape index (κ1) is 11.6. The van der Waals surface area contributed by atoms with Crippen molar-refractivity contribution < 1.29 is 18.0 Å². The number of nitrogens with one attached hydrogen (secondary N) is 1. The lowest BCUT2D eigenvalue weighted by molar-refractivity contribution is -0.137. The fourth-order valence-corrected chi connectivity index (χ4v) is 1.73. The van der Waals surface area contributed by atoms with Gasteiger partial charge in [0.15, 0.2) is 0 Å². The fraction of sp³-hybridized carbons (Fsp3) is 0.273. The van der Waals surface area contributed by atoms with Crippen molar-refractivity contribution in [2.75, 3.05) is 19.5 Å². The summed E-state index contributed by atoms with van der Waals surface area (Å²) in [4.78, 5) is 5.03. The number of halogens is 3. The summed E-state index contributed by atoms with van der Waals surface area (Å²) in [6.07, 6.45) is -2.74. The summed E-state index contributed by atoms with van der Waals surface area (Å²) in [5.74, 6) is 0. The normalized spacial score (nSPS) is 11.8. The second-order valence-electron chi connectivity index (χ2n) is 3.53. The van der Waals surface area contributed by atoms with Gasteiger partial charge in [-0.15, -0.1) is 0 Å². The van der Waals surface area contributed by atoms with E-state index in [4.69, 9.17) is 4.84 Å². The van der Waals surface area contributed by atoms with Gasteiger partial charge in [-0.05, 0) is 18.2 Å². The third-order valence-corrected chi connectivity index (χ3v) is 2.56. The maximum absolute atomic E-state index is 12.6. The Kier molecular flexibility index (Phi) is 2.65. The summed E-state index contributed by atoms with van der Waals surface area (Å²) >= 11 is 0. The molecule has 0 unspecified atom stereocenters. The number of hydrogen-bond acceptors (Lipinski definition) is 2. The molecule has 0 radical (unpaired) electrons. The lowest BCUT2D eigenvalue weighted by atomic mass is 10.1. The molecule has 0 saturated carbocycles. The number of nitrogens with zero attached hydrogens (tertiary/aromatic N) is 1. The summed E-state index contributed by atoms with van der Waals surface area (Å²) in [6.45, 7) is 0. The molecule has 0 atom stereocenters. The number of alkyl halides is 3. The molecule has 1 aromatic carbocycles. The molecular formula is C11H11F3N2O. The highest BCUT2D eigenvalue weighted by atomic mass is 19.4. The Morgan fingerprint density at radius 2 is 2.00 bits per heavy atom. The van der Waals surface area contributed by atoms with Gasteiger partial charge in [-0.3, -0.25) is 0 Å². The molecule has 0 amide bonds. The molecule has 1 aromatic heterocycles. The van der Waals surface area contributed by atoms with Crippen molar-refractivity contribution in [2.45, 2.75) is 6.18 Å². The van der Waals surface area contributed by atoms with E-state index < -0.39 is 11.7 Å². The molecule has 1 heterocycles. The Hall–Kier alpha value is -1.85. The van der Waals surface area contributed by atoms with Crippen LogP contribution in [0.2, 0.25) is 0 Å². The van der Waals surface area contributed by atoms with Gasteiger partial charge < -0.3 is 10.2 Å². The van der Waals surface area contributed by atoms with E-state index in [1.807, 2.05) is 0 Å². The van der Waals surface area contributed by atoms with Crippen LogP contribution in [0.15, 0.2) is 24.4 Å². The van der Waals surface area contributed by atoms with Crippen molar-refractivity contribution in [3.05, 3.63) is 30.0 Å². The van der Waals surface area contributed by atoms with Gasteiger partial charge in [0.1, 0.15) is 7.11 Å². The fourth-order valence-electron chi connectivity index (χ4n) is 1.73. The van der Waals surface area contributed by atoms with Crippen LogP contribution in [0, 0.1) is 0 Å². The highest BCUT2D eigenvalue weighted by molar-refractivity contribution is 5.93. The Balaban J connectivity index is 2.68. The van der Waals surface area contributed by atoms with E-state index in [2.05, 4.69) is 5.32 Å². The first-order valence-corrected chi connectivity index (χ1v) is 4.92. The van der Waals surface area contributed by atoms with Crippen molar-refractivity contribution in [3.8, 4) is 0 Å². The van der Waals surface area contributed by atoms with Crippen LogP contribution >= 0.6 is 0 Å². The molecule has 0 saturated heterocycles. The number of hydrogen-bond donors (Lipinski definition) is 1. The van der Waals surface area contributed by atoms with Crippen LogP contribution in [-0.4, -0.2) is 18.9 Å². The zero-order valence-electron chi connectivity index (χ0n) is 9.30. The molecular weight excluding hydrogens is 233 g/mol. The quantitative estimate of drug-likeness (QED) is 0.879. The molecule has 6 heteroatoms. The van der Waals surface area contributed by atoms with Crippen LogP contribution in [0.3, 0.4) is 0 Å². The van der Waals surface area contributed by atoms with Gasteiger partial charge in [-0.2, -0.15) is 17.9 Å². The van der Waals surface area contributed by atoms with Gasteiger partial charge in [0.05, 0.1) is 23.0 Å². The smallest absolute Gasteiger partial charge is 0.416 e. The third kappa shape index (κ3) is 1.90. The molecule has 0 bridgehead atoms. The Labute approximate surface area is 95.7 Å². The summed E-state index contributed by atoms with van der Waals surface area (Å²) in [7, 11) is 3.10. The number of aromatic nitrogens is 1. The minimum absolute atomic E-state index is 0.476. The average Bonchev–Trinajstić information content (AvgIpc) is 2.64. The van der Waals surface area contributed by atoms with Crippen LogP contribution < -0.4 is 10.2 Å². The zero-order chi connectivity index (χ0) is 12.6. The summed E-state index contributed by atoms with van der Waals surface area (Å²) < 4.78 is 39.2. The maximum Gasteiger partial charge on any atom is 0.416 e. The maximum atomic E-state index is 12.6. The van der Waals surface area contributed by atoms with Crippen molar-refractivity contribution in [1.82, 2.24) is 4.73 Å². The van der Waals surface area contributed by atoms with E-state index in [1.165, 1.54) is 17.9 Å². The largest absolute Gasteiger partial charge is 0.417 e.